The van der Waals surface area contributed by atoms with Crippen LogP contribution in [-0.2, 0) is 15.5 Å². The SMILES string of the molecule is CCOC(=O)C(F)(F)c1ccc(C)c(Cl)c1. The van der Waals surface area contributed by atoms with Crippen molar-refractivity contribution in [2.24, 2.45) is 0 Å². The Morgan fingerprint density at radius 1 is 1.50 bits per heavy atom. The van der Waals surface area contributed by atoms with E-state index in [1.54, 1.807) is 6.92 Å². The third kappa shape index (κ3) is 2.50. The quantitative estimate of drug-likeness (QED) is 0.767. The van der Waals surface area contributed by atoms with Crippen LogP contribution < -0.4 is 0 Å². The Balaban J connectivity index is 3.06. The van der Waals surface area contributed by atoms with Crippen molar-refractivity contribution in [3.63, 3.8) is 0 Å². The summed E-state index contributed by atoms with van der Waals surface area (Å²) in [4.78, 5) is 11.0. The molecule has 0 bridgehead atoms. The second-order valence-electron chi connectivity index (χ2n) is 3.26. The van der Waals surface area contributed by atoms with E-state index in [0.29, 0.717) is 5.56 Å². The number of rotatable bonds is 3. The molecule has 0 unspecified atom stereocenters. The molecule has 0 aliphatic carbocycles. The standard InChI is InChI=1S/C11H11ClF2O2/c1-3-16-10(15)11(13,14)8-5-4-7(2)9(12)6-8/h4-6H,3H2,1-2H3. The van der Waals surface area contributed by atoms with Crippen LogP contribution in [0, 0.1) is 6.92 Å². The van der Waals surface area contributed by atoms with Gasteiger partial charge in [0.2, 0.25) is 0 Å². The Morgan fingerprint density at radius 2 is 2.12 bits per heavy atom. The molecule has 1 rings (SSSR count). The normalized spacial score (nSPS) is 11.3. The van der Waals surface area contributed by atoms with Gasteiger partial charge in [0.05, 0.1) is 6.61 Å². The van der Waals surface area contributed by atoms with Gasteiger partial charge in [-0.2, -0.15) is 8.78 Å². The zero-order valence-electron chi connectivity index (χ0n) is 8.89. The lowest BCUT2D eigenvalue weighted by atomic mass is 10.1. The summed E-state index contributed by atoms with van der Waals surface area (Å²) >= 11 is 5.72. The van der Waals surface area contributed by atoms with Crippen molar-refractivity contribution >= 4 is 17.6 Å². The number of alkyl halides is 2. The van der Waals surface area contributed by atoms with E-state index in [9.17, 15) is 13.6 Å². The van der Waals surface area contributed by atoms with Gasteiger partial charge < -0.3 is 4.74 Å². The minimum Gasteiger partial charge on any atom is -0.461 e. The lowest BCUT2D eigenvalue weighted by Gasteiger charge is -2.15. The molecule has 0 amide bonds. The zero-order chi connectivity index (χ0) is 12.3. The maximum absolute atomic E-state index is 13.5. The van der Waals surface area contributed by atoms with Crippen molar-refractivity contribution in [1.82, 2.24) is 0 Å². The maximum atomic E-state index is 13.5. The molecule has 0 aromatic heterocycles. The first-order chi connectivity index (χ1) is 7.39. The van der Waals surface area contributed by atoms with Crippen LogP contribution in [0.25, 0.3) is 0 Å². The first-order valence-electron chi connectivity index (χ1n) is 4.71. The number of ether oxygens (including phenoxy) is 1. The summed E-state index contributed by atoms with van der Waals surface area (Å²) in [5.74, 6) is -5.22. The largest absolute Gasteiger partial charge is 0.461 e. The van der Waals surface area contributed by atoms with Crippen molar-refractivity contribution in [3.8, 4) is 0 Å². The van der Waals surface area contributed by atoms with Gasteiger partial charge in [-0.15, -0.1) is 0 Å². The van der Waals surface area contributed by atoms with Gasteiger partial charge in [-0.05, 0) is 25.5 Å². The minimum absolute atomic E-state index is 0.0893. The van der Waals surface area contributed by atoms with Gasteiger partial charge >= 0.3 is 11.9 Å². The Kier molecular flexibility index (Phi) is 3.86. The highest BCUT2D eigenvalue weighted by Crippen LogP contribution is 2.32. The van der Waals surface area contributed by atoms with Crippen LogP contribution in [0.4, 0.5) is 8.78 Å². The monoisotopic (exact) mass is 248 g/mol. The van der Waals surface area contributed by atoms with Crippen molar-refractivity contribution in [3.05, 3.63) is 34.3 Å². The summed E-state index contributed by atoms with van der Waals surface area (Å²) in [5, 5.41) is 0.196. The van der Waals surface area contributed by atoms with Crippen LogP contribution in [-0.4, -0.2) is 12.6 Å². The number of carbonyl (C=O) groups excluding carboxylic acids is 1. The molecule has 0 saturated heterocycles. The smallest absolute Gasteiger partial charge is 0.381 e. The highest BCUT2D eigenvalue weighted by molar-refractivity contribution is 6.31. The molecule has 0 radical (unpaired) electrons. The van der Waals surface area contributed by atoms with Gasteiger partial charge in [0.25, 0.3) is 0 Å². The van der Waals surface area contributed by atoms with Gasteiger partial charge in [-0.25, -0.2) is 4.79 Å². The van der Waals surface area contributed by atoms with Crippen molar-refractivity contribution in [2.75, 3.05) is 6.61 Å². The number of benzene rings is 1. The van der Waals surface area contributed by atoms with Crippen LogP contribution in [0.15, 0.2) is 18.2 Å². The van der Waals surface area contributed by atoms with E-state index in [0.717, 1.165) is 12.1 Å². The fourth-order valence-corrected chi connectivity index (χ4v) is 1.31. The fraction of sp³-hybridized carbons (Fsp3) is 0.364. The van der Waals surface area contributed by atoms with E-state index in [4.69, 9.17) is 11.6 Å². The van der Waals surface area contributed by atoms with Gasteiger partial charge in [-0.3, -0.25) is 0 Å². The minimum atomic E-state index is -3.66. The molecule has 0 heterocycles. The molecule has 0 saturated carbocycles. The van der Waals surface area contributed by atoms with Gasteiger partial charge in [0, 0.05) is 10.6 Å². The molecule has 0 fully saturated rings. The van der Waals surface area contributed by atoms with Gasteiger partial charge in [-0.1, -0.05) is 23.7 Å². The van der Waals surface area contributed by atoms with E-state index in [-0.39, 0.29) is 11.6 Å². The van der Waals surface area contributed by atoms with Crippen molar-refractivity contribution in [2.45, 2.75) is 19.8 Å². The zero-order valence-corrected chi connectivity index (χ0v) is 9.65. The Bertz CT molecular complexity index is 405. The molecule has 88 valence electrons. The van der Waals surface area contributed by atoms with Crippen LogP contribution >= 0.6 is 11.6 Å². The summed E-state index contributed by atoms with van der Waals surface area (Å²) in [7, 11) is 0. The van der Waals surface area contributed by atoms with Gasteiger partial charge in [0.15, 0.2) is 0 Å². The number of aryl methyl sites for hydroxylation is 1. The predicted molar refractivity (Wildman–Crippen MR) is 56.7 cm³/mol. The lowest BCUT2D eigenvalue weighted by molar-refractivity contribution is -0.173. The van der Waals surface area contributed by atoms with E-state index in [2.05, 4.69) is 4.74 Å². The number of carbonyl (C=O) groups is 1. The molecule has 2 nitrogen and oxygen atoms in total. The Labute approximate surface area is 97.2 Å². The maximum Gasteiger partial charge on any atom is 0.381 e. The number of esters is 1. The van der Waals surface area contributed by atoms with Crippen LogP contribution in [0.2, 0.25) is 5.02 Å². The number of hydrogen-bond acceptors (Lipinski definition) is 2. The lowest BCUT2D eigenvalue weighted by Crippen LogP contribution is -2.28. The highest BCUT2D eigenvalue weighted by Gasteiger charge is 2.42. The summed E-state index contributed by atoms with van der Waals surface area (Å²) in [6, 6.07) is 3.68. The van der Waals surface area contributed by atoms with Crippen LogP contribution in [0.5, 0.6) is 0 Å². The average molecular weight is 249 g/mol. The van der Waals surface area contributed by atoms with Crippen LogP contribution in [0.3, 0.4) is 0 Å². The summed E-state index contributed by atoms with van der Waals surface area (Å²) in [6.07, 6.45) is 0. The molecule has 16 heavy (non-hydrogen) atoms. The third-order valence-electron chi connectivity index (χ3n) is 2.07. The Morgan fingerprint density at radius 3 is 2.62 bits per heavy atom. The molecule has 0 spiro atoms. The summed E-state index contributed by atoms with van der Waals surface area (Å²) in [5.41, 5.74) is 0.214. The first kappa shape index (κ1) is 12.9. The van der Waals surface area contributed by atoms with Crippen molar-refractivity contribution < 1.29 is 18.3 Å². The van der Waals surface area contributed by atoms with E-state index in [1.165, 1.54) is 13.0 Å². The molecule has 0 N–H and O–H groups in total. The molecule has 1 aromatic carbocycles. The summed E-state index contributed by atoms with van der Waals surface area (Å²) < 4.78 is 31.3. The van der Waals surface area contributed by atoms with E-state index >= 15 is 0 Å². The van der Waals surface area contributed by atoms with Crippen LogP contribution in [0.1, 0.15) is 18.1 Å². The topological polar surface area (TPSA) is 26.3 Å². The van der Waals surface area contributed by atoms with Crippen molar-refractivity contribution in [1.29, 1.82) is 0 Å². The summed E-state index contributed by atoms with van der Waals surface area (Å²) in [6.45, 7) is 3.07. The molecule has 5 heteroatoms. The first-order valence-corrected chi connectivity index (χ1v) is 5.09. The second-order valence-corrected chi connectivity index (χ2v) is 3.67. The predicted octanol–water partition coefficient (Wildman–Crippen LogP) is 3.30. The van der Waals surface area contributed by atoms with E-state index < -0.39 is 17.5 Å². The third-order valence-corrected chi connectivity index (χ3v) is 2.47. The molecule has 1 aromatic rings. The van der Waals surface area contributed by atoms with Gasteiger partial charge in [0.1, 0.15) is 0 Å². The molecule has 0 aliphatic rings. The molecule has 0 aliphatic heterocycles. The fourth-order valence-electron chi connectivity index (χ4n) is 1.13. The second kappa shape index (κ2) is 4.78. The Hall–Kier alpha value is -1.16. The molecular formula is C11H11ClF2O2. The average Bonchev–Trinajstić information content (AvgIpc) is 2.22. The highest BCUT2D eigenvalue weighted by atomic mass is 35.5. The number of hydrogen-bond donors (Lipinski definition) is 0. The molecular weight excluding hydrogens is 238 g/mol. The number of halogens is 3. The van der Waals surface area contributed by atoms with E-state index in [1.807, 2.05) is 0 Å². The molecule has 0 atom stereocenters.